The molecule has 7 nitrogen and oxygen atoms in total. The van der Waals surface area contributed by atoms with Crippen molar-refractivity contribution < 1.29 is 4.79 Å². The molecule has 9 heteroatoms. The Hall–Kier alpha value is -3.75. The molecule has 0 unspecified atom stereocenters. The van der Waals surface area contributed by atoms with Gasteiger partial charge in [-0.05, 0) is 73.2 Å². The second kappa shape index (κ2) is 10.3. The fourth-order valence-corrected chi connectivity index (χ4v) is 4.98. The lowest BCUT2D eigenvalue weighted by Gasteiger charge is -2.29. The van der Waals surface area contributed by atoms with Gasteiger partial charge >= 0.3 is 0 Å². The zero-order chi connectivity index (χ0) is 26.1. The molecule has 188 valence electrons. The molecule has 1 aliphatic heterocycles. The Morgan fingerprint density at radius 1 is 1.11 bits per heavy atom. The number of hydrogen-bond donors (Lipinski definition) is 2. The van der Waals surface area contributed by atoms with Gasteiger partial charge in [0.15, 0.2) is 5.11 Å². The molecule has 2 N–H and O–H groups in total. The fourth-order valence-electron chi connectivity index (χ4n) is 4.41. The predicted octanol–water partition coefficient (Wildman–Crippen LogP) is 6.00. The highest BCUT2D eigenvalue weighted by Crippen LogP contribution is 2.43. The zero-order valence-corrected chi connectivity index (χ0v) is 22.3. The van der Waals surface area contributed by atoms with E-state index in [4.69, 9.17) is 23.8 Å². The van der Waals surface area contributed by atoms with Gasteiger partial charge in [0.2, 0.25) is 5.91 Å². The first-order chi connectivity index (χ1) is 17.8. The number of rotatable bonds is 6. The Labute approximate surface area is 226 Å². The highest BCUT2D eigenvalue weighted by Gasteiger charge is 2.42. The van der Waals surface area contributed by atoms with Gasteiger partial charge in [-0.25, -0.2) is 4.98 Å². The van der Waals surface area contributed by atoms with Crippen molar-refractivity contribution in [2.45, 2.75) is 32.9 Å². The highest BCUT2D eigenvalue weighted by molar-refractivity contribution is 7.80. The Morgan fingerprint density at radius 3 is 2.62 bits per heavy atom. The maximum atomic E-state index is 12.2. The first-order valence-corrected chi connectivity index (χ1v) is 12.8. The highest BCUT2D eigenvalue weighted by atomic mass is 35.5. The lowest BCUT2D eigenvalue weighted by molar-refractivity contribution is -0.118. The van der Waals surface area contributed by atoms with Crippen molar-refractivity contribution in [1.29, 1.82) is 0 Å². The van der Waals surface area contributed by atoms with E-state index in [1.807, 2.05) is 87.8 Å². The topological polar surface area (TPSA) is 75.1 Å². The standard InChI is InChI=1S/C28H27ClN6OS/c1-17(2)27(36)32-21-11-10-19(15-20(21)29)35-26(25(33-28(35)37)22-7-4-5-13-30-22)23-8-6-14-34(23)24-12-9-18(3)16-31-24/h4-17,25-26H,1-3H3,(H,32,36)(H,33,37)/t25-,26+/m0/s1. The third-order valence-electron chi connectivity index (χ3n) is 6.34. The number of thiocarbonyl (C=S) groups is 1. The summed E-state index contributed by atoms with van der Waals surface area (Å²) in [5.41, 5.74) is 4.32. The van der Waals surface area contributed by atoms with Gasteiger partial charge in [-0.1, -0.05) is 37.6 Å². The number of nitrogens with one attached hydrogen (secondary N) is 2. The van der Waals surface area contributed by atoms with Crippen LogP contribution in [-0.2, 0) is 4.79 Å². The molecule has 1 fully saturated rings. The number of benzene rings is 1. The van der Waals surface area contributed by atoms with Gasteiger partial charge in [-0.15, -0.1) is 0 Å². The minimum absolute atomic E-state index is 0.0930. The second-order valence-corrected chi connectivity index (χ2v) is 10.1. The van der Waals surface area contributed by atoms with Crippen LogP contribution >= 0.6 is 23.8 Å². The Balaban J connectivity index is 1.59. The number of aryl methyl sites for hydroxylation is 1. The summed E-state index contributed by atoms with van der Waals surface area (Å²) in [7, 11) is 0. The largest absolute Gasteiger partial charge is 0.351 e. The number of halogens is 1. The van der Waals surface area contributed by atoms with Gasteiger partial charge in [0.25, 0.3) is 0 Å². The Morgan fingerprint density at radius 2 is 1.95 bits per heavy atom. The van der Waals surface area contributed by atoms with Crippen LogP contribution in [0.4, 0.5) is 11.4 Å². The van der Waals surface area contributed by atoms with E-state index in [-0.39, 0.29) is 23.9 Å². The first-order valence-electron chi connectivity index (χ1n) is 12.0. The summed E-state index contributed by atoms with van der Waals surface area (Å²) in [4.78, 5) is 23.6. The van der Waals surface area contributed by atoms with E-state index in [2.05, 4.69) is 36.1 Å². The van der Waals surface area contributed by atoms with Crippen molar-refractivity contribution in [3.05, 3.63) is 101 Å². The number of nitrogens with zero attached hydrogens (tertiary/aromatic N) is 4. The minimum atomic E-state index is -0.243. The van der Waals surface area contributed by atoms with Crippen LogP contribution in [-0.4, -0.2) is 25.6 Å². The number of pyridine rings is 2. The van der Waals surface area contributed by atoms with Gasteiger partial charge < -0.3 is 20.1 Å². The zero-order valence-electron chi connectivity index (χ0n) is 20.7. The summed E-state index contributed by atoms with van der Waals surface area (Å²) in [6, 6.07) is 19.1. The van der Waals surface area contributed by atoms with E-state index < -0.39 is 0 Å². The van der Waals surface area contributed by atoms with Gasteiger partial charge in [-0.2, -0.15) is 0 Å². The molecule has 2 atom stereocenters. The van der Waals surface area contributed by atoms with Crippen LogP contribution < -0.4 is 15.5 Å². The average molecular weight is 531 g/mol. The van der Waals surface area contributed by atoms with Crippen molar-refractivity contribution in [3.63, 3.8) is 0 Å². The molecule has 0 bridgehead atoms. The molecule has 1 aliphatic rings. The van der Waals surface area contributed by atoms with Crippen LogP contribution in [0.1, 0.15) is 42.9 Å². The van der Waals surface area contributed by atoms with Crippen molar-refractivity contribution in [1.82, 2.24) is 19.9 Å². The molecule has 4 heterocycles. The molecule has 1 amide bonds. The molecule has 0 spiro atoms. The normalized spacial score (nSPS) is 17.2. The van der Waals surface area contributed by atoms with Crippen molar-refractivity contribution >= 4 is 46.2 Å². The summed E-state index contributed by atoms with van der Waals surface area (Å²) in [6.07, 6.45) is 5.64. The molecule has 4 aromatic rings. The molecule has 0 radical (unpaired) electrons. The van der Waals surface area contributed by atoms with Crippen LogP contribution in [0.15, 0.2) is 79.3 Å². The fraction of sp³-hybridized carbons (Fsp3) is 0.214. The molecule has 5 rings (SSSR count). The summed E-state index contributed by atoms with van der Waals surface area (Å²) in [5, 5.41) is 7.35. The molecule has 1 saturated heterocycles. The monoisotopic (exact) mass is 530 g/mol. The minimum Gasteiger partial charge on any atom is -0.351 e. The van der Waals surface area contributed by atoms with Gasteiger partial charge in [-0.3, -0.25) is 9.78 Å². The van der Waals surface area contributed by atoms with Crippen LogP contribution in [0.2, 0.25) is 5.02 Å². The van der Waals surface area contributed by atoms with Crippen molar-refractivity contribution in [3.8, 4) is 5.82 Å². The molecule has 0 aliphatic carbocycles. The number of hydrogen-bond acceptors (Lipinski definition) is 4. The van der Waals surface area contributed by atoms with Gasteiger partial charge in [0, 0.05) is 35.9 Å². The Kier molecular flexibility index (Phi) is 6.95. The average Bonchev–Trinajstić information content (AvgIpc) is 3.50. The van der Waals surface area contributed by atoms with E-state index in [1.165, 1.54) is 0 Å². The molecular formula is C28H27ClN6OS. The van der Waals surface area contributed by atoms with Crippen LogP contribution in [0.3, 0.4) is 0 Å². The summed E-state index contributed by atoms with van der Waals surface area (Å²) < 4.78 is 2.07. The predicted molar refractivity (Wildman–Crippen MR) is 151 cm³/mol. The van der Waals surface area contributed by atoms with E-state index in [0.29, 0.717) is 15.8 Å². The van der Waals surface area contributed by atoms with Crippen LogP contribution in [0.25, 0.3) is 5.82 Å². The maximum Gasteiger partial charge on any atom is 0.226 e. The van der Waals surface area contributed by atoms with Crippen LogP contribution in [0.5, 0.6) is 0 Å². The van der Waals surface area contributed by atoms with E-state index >= 15 is 0 Å². The maximum absolute atomic E-state index is 12.2. The molecular weight excluding hydrogens is 504 g/mol. The van der Waals surface area contributed by atoms with Gasteiger partial charge in [0.1, 0.15) is 11.9 Å². The third kappa shape index (κ3) is 4.95. The molecule has 0 saturated carbocycles. The van der Waals surface area contributed by atoms with E-state index in [1.54, 1.807) is 6.20 Å². The summed E-state index contributed by atoms with van der Waals surface area (Å²) in [6.45, 7) is 5.70. The Bertz CT molecular complexity index is 1440. The quantitative estimate of drug-likeness (QED) is 0.298. The van der Waals surface area contributed by atoms with E-state index in [0.717, 1.165) is 28.5 Å². The number of aromatic nitrogens is 3. The number of carbonyl (C=O) groups is 1. The molecule has 37 heavy (non-hydrogen) atoms. The molecule has 1 aromatic carbocycles. The number of carbonyl (C=O) groups excluding carboxylic acids is 1. The first kappa shape index (κ1) is 24.9. The lowest BCUT2D eigenvalue weighted by Crippen LogP contribution is -2.30. The smallest absolute Gasteiger partial charge is 0.226 e. The van der Waals surface area contributed by atoms with Gasteiger partial charge in [0.05, 0.1) is 22.4 Å². The lowest BCUT2D eigenvalue weighted by atomic mass is 10.0. The second-order valence-electron chi connectivity index (χ2n) is 9.30. The van der Waals surface area contributed by atoms with E-state index in [9.17, 15) is 4.79 Å². The number of anilines is 2. The van der Waals surface area contributed by atoms with Crippen molar-refractivity contribution in [2.75, 3.05) is 10.2 Å². The summed E-state index contributed by atoms with van der Waals surface area (Å²) >= 11 is 12.5. The SMILES string of the molecule is Cc1ccc(-n2cccc2[C@@H]2[C@H](c3ccccn3)NC(=S)N2c2ccc(NC(=O)C(C)C)c(Cl)c2)nc1. The van der Waals surface area contributed by atoms with Crippen molar-refractivity contribution in [2.24, 2.45) is 5.92 Å². The summed E-state index contributed by atoms with van der Waals surface area (Å²) in [5.74, 6) is 0.565. The third-order valence-corrected chi connectivity index (χ3v) is 6.96. The number of amides is 1. The molecule has 3 aromatic heterocycles. The van der Waals surface area contributed by atoms with Crippen LogP contribution in [0, 0.1) is 12.8 Å².